The van der Waals surface area contributed by atoms with Crippen molar-refractivity contribution in [1.29, 1.82) is 0 Å². The Morgan fingerprint density at radius 3 is 1.89 bits per heavy atom. The van der Waals surface area contributed by atoms with Crippen molar-refractivity contribution in [3.63, 3.8) is 0 Å². The van der Waals surface area contributed by atoms with Crippen molar-refractivity contribution in [2.75, 3.05) is 31.1 Å². The Morgan fingerprint density at radius 1 is 0.684 bits per heavy atom. The van der Waals surface area contributed by atoms with Gasteiger partial charge in [-0.25, -0.2) is 4.42 Å². The summed E-state index contributed by atoms with van der Waals surface area (Å²) in [7, 11) is 0. The predicted octanol–water partition coefficient (Wildman–Crippen LogP) is 3.63. The Morgan fingerprint density at radius 2 is 1.26 bits per heavy atom. The molecule has 3 heteroatoms. The molecule has 0 radical (unpaired) electrons. The zero-order valence-electron chi connectivity index (χ0n) is 10.8. The summed E-state index contributed by atoms with van der Waals surface area (Å²) in [5, 5.41) is 0. The number of hydrogen-bond donors (Lipinski definition) is 0. The van der Waals surface area contributed by atoms with Crippen molar-refractivity contribution < 1.29 is 0 Å². The van der Waals surface area contributed by atoms with Crippen LogP contribution < -0.4 is 4.90 Å². The first-order valence-electron chi connectivity index (χ1n) is 6.64. The van der Waals surface area contributed by atoms with Gasteiger partial charge >= 0.3 is 0 Å². The average Bonchev–Trinajstić information content (AvgIpc) is 2.49. The van der Waals surface area contributed by atoms with Crippen LogP contribution in [0.2, 0.25) is 0 Å². The molecule has 98 valence electrons. The molecular weight excluding hydrogens is 256 g/mol. The van der Waals surface area contributed by atoms with Gasteiger partial charge in [-0.2, -0.15) is 0 Å². The molecule has 19 heavy (non-hydrogen) atoms. The lowest BCUT2D eigenvalue weighted by atomic mass is 10.1. The standard InChI is InChI=1S/C16H17ClN2/c17-19-12-10-18(11-13-19)16-8-6-15(7-9-16)14-4-2-1-3-5-14/h1-9H,10-13H2. The monoisotopic (exact) mass is 272 g/mol. The molecule has 0 atom stereocenters. The average molecular weight is 273 g/mol. The summed E-state index contributed by atoms with van der Waals surface area (Å²) < 4.78 is 1.86. The summed E-state index contributed by atoms with van der Waals surface area (Å²) in [4.78, 5) is 2.38. The van der Waals surface area contributed by atoms with Crippen LogP contribution in [0.3, 0.4) is 0 Å². The third kappa shape index (κ3) is 2.91. The highest BCUT2D eigenvalue weighted by Gasteiger charge is 2.15. The number of benzene rings is 2. The molecular formula is C16H17ClN2. The molecule has 0 saturated carbocycles. The number of halogens is 1. The maximum atomic E-state index is 5.98. The minimum Gasteiger partial charge on any atom is -0.369 e. The number of rotatable bonds is 2. The molecule has 0 aliphatic carbocycles. The van der Waals surface area contributed by atoms with Gasteiger partial charge in [0.05, 0.1) is 0 Å². The van der Waals surface area contributed by atoms with Crippen molar-refractivity contribution >= 4 is 17.5 Å². The first kappa shape index (κ1) is 12.5. The van der Waals surface area contributed by atoms with Gasteiger partial charge in [0.2, 0.25) is 0 Å². The van der Waals surface area contributed by atoms with Gasteiger partial charge < -0.3 is 4.90 Å². The van der Waals surface area contributed by atoms with Crippen molar-refractivity contribution in [3.8, 4) is 11.1 Å². The Labute approximate surface area is 119 Å². The van der Waals surface area contributed by atoms with E-state index in [-0.39, 0.29) is 0 Å². The molecule has 0 N–H and O–H groups in total. The second-order valence-electron chi connectivity index (χ2n) is 4.81. The lowest BCUT2D eigenvalue weighted by Gasteiger charge is -2.32. The summed E-state index contributed by atoms with van der Waals surface area (Å²) in [6.07, 6.45) is 0. The SMILES string of the molecule is ClN1CCN(c2ccc(-c3ccccc3)cc2)CC1. The fourth-order valence-electron chi connectivity index (χ4n) is 2.44. The Hall–Kier alpha value is -1.51. The molecule has 0 bridgehead atoms. The number of anilines is 1. The van der Waals surface area contributed by atoms with Crippen LogP contribution in [0.1, 0.15) is 0 Å². The molecule has 1 saturated heterocycles. The molecule has 0 spiro atoms. The second-order valence-corrected chi connectivity index (χ2v) is 5.29. The normalized spacial score (nSPS) is 16.6. The molecule has 2 nitrogen and oxygen atoms in total. The van der Waals surface area contributed by atoms with Gasteiger partial charge in [-0.3, -0.25) is 0 Å². The number of nitrogens with zero attached hydrogens (tertiary/aromatic N) is 2. The summed E-state index contributed by atoms with van der Waals surface area (Å²) >= 11 is 5.98. The van der Waals surface area contributed by atoms with Gasteiger partial charge in [0.25, 0.3) is 0 Å². The van der Waals surface area contributed by atoms with Crippen molar-refractivity contribution in [2.24, 2.45) is 0 Å². The van der Waals surface area contributed by atoms with Gasteiger partial charge in [0, 0.05) is 31.9 Å². The number of piperazine rings is 1. The lowest BCUT2D eigenvalue weighted by Crippen LogP contribution is -2.42. The van der Waals surface area contributed by atoms with E-state index in [1.165, 1.54) is 16.8 Å². The molecule has 0 amide bonds. The minimum atomic E-state index is 0.919. The Kier molecular flexibility index (Phi) is 3.72. The third-order valence-corrected chi connectivity index (χ3v) is 3.90. The molecule has 1 heterocycles. The predicted molar refractivity (Wildman–Crippen MR) is 81.5 cm³/mol. The van der Waals surface area contributed by atoms with Crippen LogP contribution in [-0.4, -0.2) is 30.6 Å². The van der Waals surface area contributed by atoms with E-state index >= 15 is 0 Å². The van der Waals surface area contributed by atoms with E-state index in [1.807, 2.05) is 10.5 Å². The summed E-state index contributed by atoms with van der Waals surface area (Å²) in [5.74, 6) is 0. The van der Waals surface area contributed by atoms with E-state index in [0.29, 0.717) is 0 Å². The molecule has 0 unspecified atom stereocenters. The highest BCUT2D eigenvalue weighted by molar-refractivity contribution is 6.13. The molecule has 2 aromatic rings. The van der Waals surface area contributed by atoms with Crippen LogP contribution in [0.4, 0.5) is 5.69 Å². The van der Waals surface area contributed by atoms with E-state index in [4.69, 9.17) is 11.8 Å². The summed E-state index contributed by atoms with van der Waals surface area (Å²) in [6.45, 7) is 3.83. The molecule has 0 aromatic heterocycles. The van der Waals surface area contributed by atoms with Crippen molar-refractivity contribution in [2.45, 2.75) is 0 Å². The minimum absolute atomic E-state index is 0.919. The van der Waals surface area contributed by atoms with Crippen LogP contribution in [0, 0.1) is 0 Å². The maximum Gasteiger partial charge on any atom is 0.0367 e. The summed E-state index contributed by atoms with van der Waals surface area (Å²) in [5.41, 5.74) is 3.81. The highest BCUT2D eigenvalue weighted by Crippen LogP contribution is 2.23. The van der Waals surface area contributed by atoms with Gasteiger partial charge in [-0.15, -0.1) is 0 Å². The van der Waals surface area contributed by atoms with E-state index in [0.717, 1.165) is 26.2 Å². The van der Waals surface area contributed by atoms with Crippen LogP contribution in [-0.2, 0) is 0 Å². The zero-order valence-corrected chi connectivity index (χ0v) is 11.6. The second kappa shape index (κ2) is 5.64. The molecule has 3 rings (SSSR count). The van der Waals surface area contributed by atoms with Crippen LogP contribution in [0.25, 0.3) is 11.1 Å². The summed E-state index contributed by atoms with van der Waals surface area (Å²) in [6, 6.07) is 19.3. The van der Waals surface area contributed by atoms with Crippen molar-refractivity contribution in [1.82, 2.24) is 4.42 Å². The highest BCUT2D eigenvalue weighted by atomic mass is 35.5. The third-order valence-electron chi connectivity index (χ3n) is 3.56. The molecule has 1 aliphatic heterocycles. The molecule has 2 aromatic carbocycles. The van der Waals surface area contributed by atoms with E-state index in [9.17, 15) is 0 Å². The first-order chi connectivity index (χ1) is 9.33. The van der Waals surface area contributed by atoms with Gasteiger partial charge in [-0.05, 0) is 35.0 Å². The van der Waals surface area contributed by atoms with Gasteiger partial charge in [-0.1, -0.05) is 42.5 Å². The molecule has 1 fully saturated rings. The number of hydrogen-bond acceptors (Lipinski definition) is 2. The lowest BCUT2D eigenvalue weighted by molar-refractivity contribution is 0.416. The quantitative estimate of drug-likeness (QED) is 0.771. The Balaban J connectivity index is 1.76. The van der Waals surface area contributed by atoms with Crippen LogP contribution >= 0.6 is 11.8 Å². The van der Waals surface area contributed by atoms with Crippen molar-refractivity contribution in [3.05, 3.63) is 54.6 Å². The fourth-order valence-corrected chi connectivity index (χ4v) is 2.59. The van der Waals surface area contributed by atoms with Gasteiger partial charge in [0.1, 0.15) is 0 Å². The van der Waals surface area contributed by atoms with Crippen LogP contribution in [0.15, 0.2) is 54.6 Å². The zero-order chi connectivity index (χ0) is 13.1. The van der Waals surface area contributed by atoms with E-state index < -0.39 is 0 Å². The van der Waals surface area contributed by atoms with Crippen LogP contribution in [0.5, 0.6) is 0 Å². The maximum absolute atomic E-state index is 5.98. The Bertz CT molecular complexity index is 516. The fraction of sp³-hybridized carbons (Fsp3) is 0.250. The van der Waals surface area contributed by atoms with E-state index in [2.05, 4.69) is 53.4 Å². The van der Waals surface area contributed by atoms with Gasteiger partial charge in [0.15, 0.2) is 0 Å². The van der Waals surface area contributed by atoms with E-state index in [1.54, 1.807) is 0 Å². The first-order valence-corrected chi connectivity index (χ1v) is 6.98. The largest absolute Gasteiger partial charge is 0.369 e. The molecule has 1 aliphatic rings. The smallest absolute Gasteiger partial charge is 0.0367 e. The topological polar surface area (TPSA) is 6.48 Å².